The fraction of sp³-hybridized carbons (Fsp3) is 0.302. The average Bonchev–Trinajstić information content (AvgIpc) is 3.16. The molecule has 0 aliphatic rings. The molecule has 0 saturated carbocycles. The largest absolute Gasteiger partial charge is 0.491 e. The molecule has 0 spiro atoms. The number of benzene rings is 4. The van der Waals surface area contributed by atoms with Gasteiger partial charge >= 0.3 is 0 Å². The highest BCUT2D eigenvalue weighted by Gasteiger charge is 2.39. The van der Waals surface area contributed by atoms with Crippen LogP contribution in [0, 0.1) is 0 Å². The molecule has 0 aliphatic carbocycles. The van der Waals surface area contributed by atoms with Crippen molar-refractivity contribution in [2.75, 3.05) is 59.3 Å². The van der Waals surface area contributed by atoms with E-state index in [4.69, 9.17) is 28.4 Å². The summed E-state index contributed by atoms with van der Waals surface area (Å²) in [6, 6.07) is 39.9. The lowest BCUT2D eigenvalue weighted by atomic mass is 10.1. The minimum atomic E-state index is -0.290. The number of hydrogen-bond acceptors (Lipinski definition) is 6. The molecule has 0 amide bonds. The van der Waals surface area contributed by atoms with Crippen LogP contribution >= 0.6 is 0 Å². The van der Waals surface area contributed by atoms with Crippen molar-refractivity contribution in [1.82, 2.24) is 0 Å². The van der Waals surface area contributed by atoms with Crippen LogP contribution in [0.1, 0.15) is 5.56 Å². The van der Waals surface area contributed by atoms with Gasteiger partial charge in [-0.3, -0.25) is 0 Å². The van der Waals surface area contributed by atoms with Crippen molar-refractivity contribution >= 4 is 0 Å². The molecule has 0 heterocycles. The second-order valence-electron chi connectivity index (χ2n) is 12.1. The Bertz CT molecular complexity index is 1340. The van der Waals surface area contributed by atoms with E-state index in [0.717, 1.165) is 17.2 Å². The Balaban J connectivity index is 1.72. The molecule has 264 valence electrons. The van der Waals surface area contributed by atoms with Gasteiger partial charge in [-0.1, -0.05) is 103 Å². The highest BCUT2D eigenvalue weighted by molar-refractivity contribution is 5.22. The van der Waals surface area contributed by atoms with E-state index in [1.807, 2.05) is 97.1 Å². The molecule has 7 nitrogen and oxygen atoms in total. The lowest BCUT2D eigenvalue weighted by molar-refractivity contribution is -0.949. The van der Waals surface area contributed by atoms with Crippen LogP contribution in [-0.4, -0.2) is 82.1 Å². The van der Waals surface area contributed by atoms with Gasteiger partial charge in [0.15, 0.2) is 0 Å². The van der Waals surface area contributed by atoms with Gasteiger partial charge < -0.3 is 32.9 Å². The molecule has 7 heteroatoms. The van der Waals surface area contributed by atoms with Crippen LogP contribution in [-0.2, 0) is 20.8 Å². The summed E-state index contributed by atoms with van der Waals surface area (Å²) in [6.07, 6.45) is 4.45. The van der Waals surface area contributed by atoms with Crippen molar-refractivity contribution < 1.29 is 32.9 Å². The first kappa shape index (κ1) is 38.1. The predicted octanol–water partition coefficient (Wildman–Crippen LogP) is 7.95. The molecule has 4 aromatic carbocycles. The van der Waals surface area contributed by atoms with Gasteiger partial charge in [0.25, 0.3) is 0 Å². The number of rotatable bonds is 26. The molecule has 0 bridgehead atoms. The summed E-state index contributed by atoms with van der Waals surface area (Å²) in [5, 5.41) is 0. The van der Waals surface area contributed by atoms with E-state index in [1.54, 1.807) is 18.2 Å². The quantitative estimate of drug-likeness (QED) is 0.0497. The molecule has 0 N–H and O–H groups in total. The summed E-state index contributed by atoms with van der Waals surface area (Å²) in [7, 11) is 0. The van der Waals surface area contributed by atoms with Gasteiger partial charge in [-0.15, -0.1) is 19.7 Å². The first-order valence-corrected chi connectivity index (χ1v) is 17.2. The van der Waals surface area contributed by atoms with Crippen molar-refractivity contribution in [2.24, 2.45) is 0 Å². The Morgan fingerprint density at radius 3 is 1.04 bits per heavy atom. The van der Waals surface area contributed by atoms with Gasteiger partial charge in [-0.05, 0) is 36.4 Å². The molecule has 4 rings (SSSR count). The summed E-state index contributed by atoms with van der Waals surface area (Å²) in [4.78, 5) is 0. The lowest BCUT2D eigenvalue weighted by Gasteiger charge is -2.44. The van der Waals surface area contributed by atoms with E-state index in [0.29, 0.717) is 70.3 Å². The zero-order chi connectivity index (χ0) is 35.1. The molecular formula is C43H52NO6+. The van der Waals surface area contributed by atoms with Gasteiger partial charge in [0.1, 0.15) is 81.6 Å². The van der Waals surface area contributed by atoms with Crippen LogP contribution in [0.15, 0.2) is 159 Å². The molecule has 50 heavy (non-hydrogen) atoms. The Morgan fingerprint density at radius 1 is 0.440 bits per heavy atom. The van der Waals surface area contributed by atoms with E-state index in [1.165, 1.54) is 5.56 Å². The summed E-state index contributed by atoms with van der Waals surface area (Å²) >= 11 is 0. The van der Waals surface area contributed by atoms with E-state index in [9.17, 15) is 0 Å². The van der Waals surface area contributed by atoms with Gasteiger partial charge in [0.05, 0.1) is 19.8 Å². The molecule has 3 atom stereocenters. The monoisotopic (exact) mass is 678 g/mol. The molecule has 0 aliphatic heterocycles. The third-order valence-corrected chi connectivity index (χ3v) is 8.02. The smallest absolute Gasteiger partial charge is 0.141 e. The maximum absolute atomic E-state index is 6.46. The molecular weight excluding hydrogens is 626 g/mol. The van der Waals surface area contributed by atoms with Crippen LogP contribution in [0.3, 0.4) is 0 Å². The van der Waals surface area contributed by atoms with Crippen molar-refractivity contribution in [1.29, 1.82) is 0 Å². The van der Waals surface area contributed by atoms with Gasteiger partial charge in [0.2, 0.25) is 0 Å². The second kappa shape index (κ2) is 22.1. The average molecular weight is 679 g/mol. The topological polar surface area (TPSA) is 55.4 Å². The molecule has 0 radical (unpaired) electrons. The van der Waals surface area contributed by atoms with Crippen molar-refractivity contribution in [3.05, 3.63) is 165 Å². The molecule has 0 saturated heterocycles. The van der Waals surface area contributed by atoms with Gasteiger partial charge in [-0.25, -0.2) is 0 Å². The van der Waals surface area contributed by atoms with Crippen molar-refractivity contribution in [3.8, 4) is 17.2 Å². The third kappa shape index (κ3) is 14.1. The Kier molecular flexibility index (Phi) is 16.9. The maximum atomic E-state index is 6.46. The summed E-state index contributed by atoms with van der Waals surface area (Å²) < 4.78 is 38.8. The van der Waals surface area contributed by atoms with Crippen molar-refractivity contribution in [3.63, 3.8) is 0 Å². The SMILES string of the molecule is C=CCO[C@@H](COc1ccccc1)C[N+](Cc1ccccc1)(C[C@H](COc1ccccc1)OCC=C)C[C@H](COc1ccccc1)OCC=C. The Labute approximate surface area is 298 Å². The van der Waals surface area contributed by atoms with Crippen LogP contribution < -0.4 is 14.2 Å². The zero-order valence-electron chi connectivity index (χ0n) is 29.1. The normalized spacial score (nSPS) is 13.0. The summed E-state index contributed by atoms with van der Waals surface area (Å²) in [5.41, 5.74) is 1.18. The number of hydrogen-bond donors (Lipinski definition) is 0. The minimum absolute atomic E-state index is 0.290. The Morgan fingerprint density at radius 2 is 0.740 bits per heavy atom. The Hall–Kier alpha value is -4.66. The molecule has 0 fully saturated rings. The molecule has 4 aromatic rings. The van der Waals surface area contributed by atoms with Gasteiger partial charge in [0, 0.05) is 5.56 Å². The standard InChI is InChI=1S/C43H52NO6/c1-4-27-45-41(34-48-38-21-13-8-14-22-38)31-44(30-37-19-11-7-12-20-37,32-42(46-28-5-2)35-49-39-23-15-9-16-24-39)33-43(47-29-6-3)36-50-40-25-17-10-18-26-40/h4-26,41-43H,1-3,27-36H2/q+1/t41-,42-,43-/m1/s1. The van der Waals surface area contributed by atoms with E-state index < -0.39 is 0 Å². The number of nitrogens with zero attached hydrogens (tertiary/aromatic N) is 1. The van der Waals surface area contributed by atoms with E-state index >= 15 is 0 Å². The maximum Gasteiger partial charge on any atom is 0.141 e. The van der Waals surface area contributed by atoms with Gasteiger partial charge in [-0.2, -0.15) is 0 Å². The lowest BCUT2D eigenvalue weighted by Crippen LogP contribution is -2.61. The second-order valence-corrected chi connectivity index (χ2v) is 12.1. The molecule has 0 aromatic heterocycles. The minimum Gasteiger partial charge on any atom is -0.491 e. The fourth-order valence-electron chi connectivity index (χ4n) is 5.87. The highest BCUT2D eigenvalue weighted by atomic mass is 16.5. The highest BCUT2D eigenvalue weighted by Crippen LogP contribution is 2.24. The first-order chi connectivity index (χ1) is 24.6. The number of quaternary nitrogens is 1. The van der Waals surface area contributed by atoms with Crippen LogP contribution in [0.5, 0.6) is 17.2 Å². The van der Waals surface area contributed by atoms with E-state index in [-0.39, 0.29) is 18.3 Å². The first-order valence-electron chi connectivity index (χ1n) is 17.2. The van der Waals surface area contributed by atoms with Crippen LogP contribution in [0.4, 0.5) is 0 Å². The number of ether oxygens (including phenoxy) is 6. The number of para-hydroxylation sites is 3. The van der Waals surface area contributed by atoms with Crippen LogP contribution in [0.25, 0.3) is 0 Å². The summed E-state index contributed by atoms with van der Waals surface area (Å²) in [5.74, 6) is 2.35. The predicted molar refractivity (Wildman–Crippen MR) is 201 cm³/mol. The summed E-state index contributed by atoms with van der Waals surface area (Å²) in [6.45, 7) is 16.4. The fourth-order valence-corrected chi connectivity index (χ4v) is 5.87. The van der Waals surface area contributed by atoms with Crippen LogP contribution in [0.2, 0.25) is 0 Å². The third-order valence-electron chi connectivity index (χ3n) is 8.02. The van der Waals surface area contributed by atoms with Crippen molar-refractivity contribution in [2.45, 2.75) is 24.9 Å². The van der Waals surface area contributed by atoms with E-state index in [2.05, 4.69) is 44.0 Å². The molecule has 0 unspecified atom stereocenters. The zero-order valence-corrected chi connectivity index (χ0v) is 29.1.